The fourth-order valence-electron chi connectivity index (χ4n) is 0.816. The number of benzene rings is 1. The Kier molecular flexibility index (Phi) is 0.423. The van der Waals surface area contributed by atoms with Gasteiger partial charge >= 0.3 is 0 Å². The molecule has 0 radical (unpaired) electrons. The molecule has 2 aliphatic rings. The average Bonchev–Trinajstić information content (AvgIpc) is 2.29. The molecule has 0 aromatic heterocycles. The molecule has 0 saturated carbocycles. The van der Waals surface area contributed by atoms with Crippen LogP contribution in [0.3, 0.4) is 0 Å². The van der Waals surface area contributed by atoms with E-state index in [1.54, 1.807) is 0 Å². The van der Waals surface area contributed by atoms with Gasteiger partial charge in [0.05, 0.1) is 0 Å². The molecule has 0 spiro atoms. The number of halogens is 1. The molecule has 2 rings (SSSR count). The molecule has 0 aromatic rings. The van der Waals surface area contributed by atoms with E-state index in [2.05, 4.69) is 0 Å². The lowest BCUT2D eigenvalue weighted by atomic mass is 10.5. The van der Waals surface area contributed by atoms with E-state index in [-0.39, 0.29) is 11.6 Å². The molecule has 0 aromatic carbocycles. The smallest absolute Gasteiger partial charge is 0.131 e. The third-order valence-electron chi connectivity index (χ3n) is 1.30. The van der Waals surface area contributed by atoms with Crippen molar-refractivity contribution in [3.05, 3.63) is 17.9 Å². The van der Waals surface area contributed by atoms with Crippen molar-refractivity contribution >= 4 is 0 Å². The van der Waals surface area contributed by atoms with Crippen molar-refractivity contribution in [3.63, 3.8) is 0 Å². The molecule has 8 heavy (non-hydrogen) atoms. The minimum Gasteiger partial charge on any atom is -0.507 e. The second kappa shape index (κ2) is 0.869. The quantitative estimate of drug-likeness (QED) is 0.545. The van der Waals surface area contributed by atoms with E-state index in [0.717, 1.165) is 0 Å². The van der Waals surface area contributed by atoms with Gasteiger partial charge in [0.25, 0.3) is 0 Å². The fraction of sp³-hybridized carbons (Fsp3) is 0. The van der Waals surface area contributed by atoms with Crippen molar-refractivity contribution in [2.24, 2.45) is 0 Å². The van der Waals surface area contributed by atoms with Crippen LogP contribution in [0.5, 0.6) is 5.75 Å². The first kappa shape index (κ1) is 3.89. The van der Waals surface area contributed by atoms with Crippen LogP contribution in [0.1, 0.15) is 0 Å². The zero-order valence-corrected chi connectivity index (χ0v) is 3.98. The van der Waals surface area contributed by atoms with Crippen LogP contribution in [0.4, 0.5) is 4.39 Å². The SMILES string of the molecule is Oc1c2cc(F)cc1-2. The summed E-state index contributed by atoms with van der Waals surface area (Å²) in [5, 5.41) is 8.66. The first-order valence-corrected chi connectivity index (χ1v) is 2.32. The summed E-state index contributed by atoms with van der Waals surface area (Å²) in [6, 6.07) is 2.65. The van der Waals surface area contributed by atoms with E-state index < -0.39 is 0 Å². The van der Waals surface area contributed by atoms with Crippen molar-refractivity contribution in [2.75, 3.05) is 0 Å². The van der Waals surface area contributed by atoms with Gasteiger partial charge in [-0.3, -0.25) is 0 Å². The highest BCUT2D eigenvalue weighted by Crippen LogP contribution is 2.50. The first-order chi connectivity index (χ1) is 3.79. The molecular weight excluding hydrogens is 107 g/mol. The Labute approximate surface area is 45.4 Å². The van der Waals surface area contributed by atoms with Crippen molar-refractivity contribution in [1.82, 2.24) is 0 Å². The van der Waals surface area contributed by atoms with Crippen LogP contribution < -0.4 is 0 Å². The highest BCUT2D eigenvalue weighted by atomic mass is 19.1. The second-order valence-corrected chi connectivity index (χ2v) is 1.85. The molecule has 0 heterocycles. The normalized spacial score (nSPS) is 11.6. The van der Waals surface area contributed by atoms with Crippen LogP contribution in [0, 0.1) is 5.82 Å². The van der Waals surface area contributed by atoms with Crippen molar-refractivity contribution in [2.45, 2.75) is 0 Å². The third kappa shape index (κ3) is 0.269. The zero-order valence-electron chi connectivity index (χ0n) is 3.98. The summed E-state index contributed by atoms with van der Waals surface area (Å²) in [5.41, 5.74) is 1.34. The van der Waals surface area contributed by atoms with Crippen LogP contribution in [0.15, 0.2) is 12.1 Å². The molecule has 1 nitrogen and oxygen atoms in total. The Hall–Kier alpha value is -1.05. The van der Waals surface area contributed by atoms with Crippen molar-refractivity contribution < 1.29 is 9.50 Å². The van der Waals surface area contributed by atoms with E-state index in [9.17, 15) is 4.39 Å². The Morgan fingerprint density at radius 3 is 2.12 bits per heavy atom. The molecule has 0 aliphatic heterocycles. The summed E-state index contributed by atoms with van der Waals surface area (Å²) in [6.07, 6.45) is 0. The lowest BCUT2D eigenvalue weighted by molar-refractivity contribution is 0.494. The summed E-state index contributed by atoms with van der Waals surface area (Å²) in [6.45, 7) is 0. The molecule has 1 N–H and O–H groups in total. The zero-order chi connectivity index (χ0) is 5.72. The molecule has 0 atom stereocenters. The van der Waals surface area contributed by atoms with E-state index >= 15 is 0 Å². The fourth-order valence-corrected chi connectivity index (χ4v) is 0.816. The number of fused-ring (bicyclic) bond motifs is 1. The summed E-state index contributed by atoms with van der Waals surface area (Å²) in [7, 11) is 0. The number of phenols is 1. The van der Waals surface area contributed by atoms with Gasteiger partial charge in [0.1, 0.15) is 11.6 Å². The van der Waals surface area contributed by atoms with Crippen LogP contribution >= 0.6 is 0 Å². The average molecular weight is 110 g/mol. The van der Waals surface area contributed by atoms with Gasteiger partial charge in [0.15, 0.2) is 0 Å². The largest absolute Gasteiger partial charge is 0.507 e. The monoisotopic (exact) mass is 110 g/mol. The Morgan fingerprint density at radius 1 is 1.25 bits per heavy atom. The molecule has 2 aliphatic carbocycles. The lowest BCUT2D eigenvalue weighted by Crippen LogP contribution is -1.53. The van der Waals surface area contributed by atoms with Gasteiger partial charge in [-0.2, -0.15) is 0 Å². The molecule has 0 unspecified atom stereocenters. The van der Waals surface area contributed by atoms with Gasteiger partial charge < -0.3 is 5.11 Å². The van der Waals surface area contributed by atoms with E-state index in [1.165, 1.54) is 12.1 Å². The summed E-state index contributed by atoms with van der Waals surface area (Å²) in [5.74, 6) is -0.000741. The maximum Gasteiger partial charge on any atom is 0.131 e. The Balaban J connectivity index is 2.66. The minimum absolute atomic E-state index is 0.256. The van der Waals surface area contributed by atoms with Crippen LogP contribution in [0.2, 0.25) is 0 Å². The van der Waals surface area contributed by atoms with Crippen molar-refractivity contribution in [1.29, 1.82) is 0 Å². The summed E-state index contributed by atoms with van der Waals surface area (Å²) >= 11 is 0. The second-order valence-electron chi connectivity index (χ2n) is 1.85. The predicted molar refractivity (Wildman–Crippen MR) is 27.1 cm³/mol. The van der Waals surface area contributed by atoms with Gasteiger partial charge in [-0.25, -0.2) is 4.39 Å². The van der Waals surface area contributed by atoms with Crippen LogP contribution in [-0.4, -0.2) is 5.11 Å². The summed E-state index contributed by atoms with van der Waals surface area (Å²) in [4.78, 5) is 0. The van der Waals surface area contributed by atoms with Gasteiger partial charge in [-0.1, -0.05) is 0 Å². The number of phenolic OH excluding ortho intramolecular Hbond substituents is 1. The highest BCUT2D eigenvalue weighted by molar-refractivity contribution is 5.94. The maximum atomic E-state index is 12.0. The summed E-state index contributed by atoms with van der Waals surface area (Å²) < 4.78 is 12.0. The Morgan fingerprint density at radius 2 is 1.75 bits per heavy atom. The topological polar surface area (TPSA) is 20.2 Å². The third-order valence-corrected chi connectivity index (χ3v) is 1.30. The van der Waals surface area contributed by atoms with E-state index in [4.69, 9.17) is 5.11 Å². The van der Waals surface area contributed by atoms with Crippen LogP contribution in [-0.2, 0) is 0 Å². The van der Waals surface area contributed by atoms with Crippen LogP contribution in [0.25, 0.3) is 11.1 Å². The number of rotatable bonds is 0. The molecular formula is C6H3FO. The number of aromatic hydroxyl groups is 1. The molecule has 2 heteroatoms. The predicted octanol–water partition coefficient (Wildman–Crippen LogP) is 1.51. The number of hydrogen-bond acceptors (Lipinski definition) is 1. The maximum absolute atomic E-state index is 12.0. The van der Waals surface area contributed by atoms with Gasteiger partial charge in [-0.15, -0.1) is 0 Å². The molecule has 0 amide bonds. The van der Waals surface area contributed by atoms with E-state index in [0.29, 0.717) is 11.1 Å². The molecule has 40 valence electrons. The lowest BCUT2D eigenvalue weighted by Gasteiger charge is -1.69. The van der Waals surface area contributed by atoms with Gasteiger partial charge in [-0.05, 0) is 12.1 Å². The number of hydrogen-bond donors (Lipinski definition) is 1. The van der Waals surface area contributed by atoms with Crippen molar-refractivity contribution in [3.8, 4) is 16.9 Å². The van der Waals surface area contributed by atoms with Gasteiger partial charge in [0, 0.05) is 11.1 Å². The molecule has 0 saturated heterocycles. The van der Waals surface area contributed by atoms with Gasteiger partial charge in [0.2, 0.25) is 0 Å². The minimum atomic E-state index is -0.257. The molecule has 0 fully saturated rings. The highest BCUT2D eigenvalue weighted by Gasteiger charge is 2.25. The standard InChI is InChI=1S/C6H3FO/c7-3-1-4-5(2-3)6(4)8/h1-2,8H. The molecule has 0 bridgehead atoms. The Bertz CT molecular complexity index is 232. The van der Waals surface area contributed by atoms with E-state index in [1.807, 2.05) is 0 Å². The first-order valence-electron chi connectivity index (χ1n) is 2.32.